The van der Waals surface area contributed by atoms with E-state index in [-0.39, 0.29) is 5.75 Å². The number of hydrogen-bond acceptors (Lipinski definition) is 5. The third-order valence-corrected chi connectivity index (χ3v) is 1.91. The zero-order valence-electron chi connectivity index (χ0n) is 8.18. The number of alkyl halides is 2. The van der Waals surface area contributed by atoms with E-state index in [1.54, 1.807) is 0 Å². The van der Waals surface area contributed by atoms with Gasteiger partial charge in [0.1, 0.15) is 5.56 Å². The monoisotopic (exact) mass is 234 g/mol. The Labute approximate surface area is 88.6 Å². The van der Waals surface area contributed by atoms with Gasteiger partial charge in [-0.05, 0) is 0 Å². The molecule has 6 nitrogen and oxygen atoms in total. The normalized spacial score (nSPS) is 10.6. The van der Waals surface area contributed by atoms with Gasteiger partial charge in [0.15, 0.2) is 0 Å². The van der Waals surface area contributed by atoms with Crippen LogP contribution in [0.15, 0.2) is 6.20 Å². The second kappa shape index (κ2) is 4.79. The number of nitrogens with zero attached hydrogens (tertiary/aromatic N) is 2. The molecule has 0 aliphatic heterocycles. The SMILES string of the molecule is COc1cnc(CO)c(C(F)F)c1[N+](=O)[O-]. The Balaban J connectivity index is 3.53. The van der Waals surface area contributed by atoms with Crippen LogP contribution in [0.3, 0.4) is 0 Å². The van der Waals surface area contributed by atoms with Crippen LogP contribution in [-0.4, -0.2) is 22.1 Å². The maximum absolute atomic E-state index is 12.6. The van der Waals surface area contributed by atoms with Crippen LogP contribution in [0.4, 0.5) is 14.5 Å². The van der Waals surface area contributed by atoms with E-state index >= 15 is 0 Å². The van der Waals surface area contributed by atoms with E-state index in [1.165, 1.54) is 0 Å². The Kier molecular flexibility index (Phi) is 3.67. The molecule has 0 saturated heterocycles. The second-order valence-electron chi connectivity index (χ2n) is 2.75. The maximum Gasteiger partial charge on any atom is 0.323 e. The number of ether oxygens (including phenoxy) is 1. The number of rotatable bonds is 4. The zero-order valence-corrected chi connectivity index (χ0v) is 8.18. The summed E-state index contributed by atoms with van der Waals surface area (Å²) in [6.45, 7) is -0.801. The average Bonchev–Trinajstić information content (AvgIpc) is 2.26. The molecule has 1 aromatic heterocycles. The van der Waals surface area contributed by atoms with Crippen LogP contribution in [0.1, 0.15) is 17.7 Å². The molecule has 0 atom stereocenters. The molecule has 1 aromatic rings. The molecular weight excluding hydrogens is 226 g/mol. The molecule has 0 amide bonds. The summed E-state index contributed by atoms with van der Waals surface area (Å²) in [5.41, 5.74) is -2.20. The van der Waals surface area contributed by atoms with Gasteiger partial charge in [0, 0.05) is 0 Å². The summed E-state index contributed by atoms with van der Waals surface area (Å²) in [6, 6.07) is 0. The summed E-state index contributed by atoms with van der Waals surface area (Å²) >= 11 is 0. The van der Waals surface area contributed by atoms with E-state index < -0.39 is 34.9 Å². The van der Waals surface area contributed by atoms with Gasteiger partial charge in [-0.15, -0.1) is 0 Å². The molecule has 0 aliphatic carbocycles. The molecule has 0 aromatic carbocycles. The minimum atomic E-state index is -3.11. The molecule has 0 fully saturated rings. The Morgan fingerprint density at radius 1 is 1.69 bits per heavy atom. The Morgan fingerprint density at radius 3 is 2.69 bits per heavy atom. The molecular formula is C8H8F2N2O4. The van der Waals surface area contributed by atoms with Gasteiger partial charge in [-0.25, -0.2) is 8.78 Å². The number of aromatic nitrogens is 1. The predicted molar refractivity (Wildman–Crippen MR) is 48.3 cm³/mol. The van der Waals surface area contributed by atoms with Crippen molar-refractivity contribution in [3.8, 4) is 5.75 Å². The van der Waals surface area contributed by atoms with Gasteiger partial charge >= 0.3 is 5.69 Å². The van der Waals surface area contributed by atoms with Gasteiger partial charge in [-0.3, -0.25) is 15.1 Å². The molecule has 0 unspecified atom stereocenters. The number of aliphatic hydroxyl groups is 1. The van der Waals surface area contributed by atoms with E-state index in [2.05, 4.69) is 9.72 Å². The molecule has 0 radical (unpaired) electrons. The molecule has 1 rings (SSSR count). The summed E-state index contributed by atoms with van der Waals surface area (Å²) in [7, 11) is 1.11. The van der Waals surface area contributed by atoms with Gasteiger partial charge < -0.3 is 9.84 Å². The minimum Gasteiger partial charge on any atom is -0.489 e. The van der Waals surface area contributed by atoms with Crippen molar-refractivity contribution in [2.45, 2.75) is 13.0 Å². The topological polar surface area (TPSA) is 85.5 Å². The average molecular weight is 234 g/mol. The van der Waals surface area contributed by atoms with E-state index in [0.717, 1.165) is 13.3 Å². The number of aliphatic hydroxyl groups excluding tert-OH is 1. The van der Waals surface area contributed by atoms with Crippen molar-refractivity contribution in [3.05, 3.63) is 27.6 Å². The summed E-state index contributed by atoms with van der Waals surface area (Å²) in [4.78, 5) is 13.1. The van der Waals surface area contributed by atoms with E-state index in [1.807, 2.05) is 0 Å². The van der Waals surface area contributed by atoms with Crippen molar-refractivity contribution in [1.29, 1.82) is 0 Å². The Hall–Kier alpha value is -1.83. The van der Waals surface area contributed by atoms with Crippen molar-refractivity contribution in [2.75, 3.05) is 7.11 Å². The highest BCUT2D eigenvalue weighted by Gasteiger charge is 2.30. The van der Waals surface area contributed by atoms with Crippen LogP contribution in [0.25, 0.3) is 0 Å². The van der Waals surface area contributed by atoms with Crippen LogP contribution in [0.2, 0.25) is 0 Å². The van der Waals surface area contributed by atoms with Gasteiger partial charge in [0.05, 0.1) is 30.5 Å². The highest BCUT2D eigenvalue weighted by atomic mass is 19.3. The number of pyridine rings is 1. The van der Waals surface area contributed by atoms with Crippen molar-refractivity contribution in [3.63, 3.8) is 0 Å². The third kappa shape index (κ3) is 2.06. The van der Waals surface area contributed by atoms with E-state index in [0.29, 0.717) is 0 Å². The van der Waals surface area contributed by atoms with Gasteiger partial charge in [0.2, 0.25) is 5.75 Å². The molecule has 16 heavy (non-hydrogen) atoms. The van der Waals surface area contributed by atoms with Gasteiger partial charge in [0.25, 0.3) is 6.43 Å². The lowest BCUT2D eigenvalue weighted by Gasteiger charge is -2.09. The number of nitro groups is 1. The van der Waals surface area contributed by atoms with Crippen LogP contribution in [0, 0.1) is 10.1 Å². The molecule has 0 spiro atoms. The van der Waals surface area contributed by atoms with Crippen molar-refractivity contribution < 1.29 is 23.5 Å². The second-order valence-corrected chi connectivity index (χ2v) is 2.75. The first-order valence-electron chi connectivity index (χ1n) is 4.12. The molecule has 88 valence electrons. The van der Waals surface area contributed by atoms with Crippen LogP contribution >= 0.6 is 0 Å². The van der Waals surface area contributed by atoms with E-state index in [4.69, 9.17) is 5.11 Å². The smallest absolute Gasteiger partial charge is 0.323 e. The highest BCUT2D eigenvalue weighted by Crippen LogP contribution is 2.37. The lowest BCUT2D eigenvalue weighted by Crippen LogP contribution is -2.06. The van der Waals surface area contributed by atoms with Crippen LogP contribution in [-0.2, 0) is 6.61 Å². The number of halogens is 2. The highest BCUT2D eigenvalue weighted by molar-refractivity contribution is 5.53. The molecule has 0 saturated carbocycles. The summed E-state index contributed by atoms with van der Waals surface area (Å²) < 4.78 is 29.9. The predicted octanol–water partition coefficient (Wildman–Crippen LogP) is 1.43. The lowest BCUT2D eigenvalue weighted by molar-refractivity contribution is -0.387. The maximum atomic E-state index is 12.6. The fraction of sp³-hybridized carbons (Fsp3) is 0.375. The molecule has 8 heteroatoms. The fourth-order valence-electron chi connectivity index (χ4n) is 1.23. The third-order valence-electron chi connectivity index (χ3n) is 1.91. The Bertz CT molecular complexity index is 411. The van der Waals surface area contributed by atoms with E-state index in [9.17, 15) is 18.9 Å². The summed E-state index contributed by atoms with van der Waals surface area (Å²) in [5, 5.41) is 19.4. The van der Waals surface area contributed by atoms with Crippen LogP contribution < -0.4 is 4.74 Å². The Morgan fingerprint density at radius 2 is 2.31 bits per heavy atom. The first-order valence-corrected chi connectivity index (χ1v) is 4.12. The zero-order chi connectivity index (χ0) is 12.3. The largest absolute Gasteiger partial charge is 0.489 e. The summed E-state index contributed by atoms with van der Waals surface area (Å²) in [5.74, 6) is -0.363. The standard InChI is InChI=1S/C8H8F2N2O4/c1-16-5-2-11-4(3-13)6(8(9)10)7(5)12(14)15/h2,8,13H,3H2,1H3. The van der Waals surface area contributed by atoms with Crippen molar-refractivity contribution >= 4 is 5.69 Å². The molecule has 0 aliphatic rings. The molecule has 0 bridgehead atoms. The quantitative estimate of drug-likeness (QED) is 0.629. The molecule has 1 heterocycles. The molecule has 1 N–H and O–H groups in total. The first kappa shape index (κ1) is 12.2. The lowest BCUT2D eigenvalue weighted by atomic mass is 10.1. The van der Waals surface area contributed by atoms with Crippen molar-refractivity contribution in [1.82, 2.24) is 4.98 Å². The minimum absolute atomic E-state index is 0.363. The summed E-state index contributed by atoms with van der Waals surface area (Å²) in [6.07, 6.45) is -2.18. The van der Waals surface area contributed by atoms with Crippen molar-refractivity contribution in [2.24, 2.45) is 0 Å². The number of hydrogen-bond donors (Lipinski definition) is 1. The first-order chi connectivity index (χ1) is 7.52. The fourth-order valence-corrected chi connectivity index (χ4v) is 1.23. The van der Waals surface area contributed by atoms with Gasteiger partial charge in [-0.1, -0.05) is 0 Å². The van der Waals surface area contributed by atoms with Crippen LogP contribution in [0.5, 0.6) is 5.75 Å². The van der Waals surface area contributed by atoms with Gasteiger partial charge in [-0.2, -0.15) is 0 Å². The number of methoxy groups -OCH3 is 1.